The van der Waals surface area contributed by atoms with Crippen LogP contribution in [0.4, 0.5) is 0 Å². The fourth-order valence-electron chi connectivity index (χ4n) is 3.49. The highest BCUT2D eigenvalue weighted by molar-refractivity contribution is 8.00. The molecule has 0 spiro atoms. The molecule has 8 heteroatoms. The molecule has 4 rings (SSSR count). The number of fused-ring (bicyclic) bond motifs is 3. The Bertz CT molecular complexity index is 657. The molecule has 0 amide bonds. The molecule has 0 aromatic heterocycles. The third-order valence-corrected chi connectivity index (χ3v) is 6.35. The van der Waals surface area contributed by atoms with E-state index in [4.69, 9.17) is 15.1 Å². The van der Waals surface area contributed by atoms with E-state index in [0.29, 0.717) is 30.4 Å². The lowest BCUT2D eigenvalue weighted by atomic mass is 9.77. The third-order valence-electron chi connectivity index (χ3n) is 4.93. The SMILES string of the molecule is NCC1COCC1Sc1ccc2c(c1C(=O)O)OB(O)C1CC21. The second-order valence-electron chi connectivity index (χ2n) is 6.37. The number of benzene rings is 1. The number of carbonyl (C=O) groups is 1. The van der Waals surface area contributed by atoms with Crippen LogP contribution in [-0.4, -0.2) is 48.2 Å². The molecule has 6 nitrogen and oxygen atoms in total. The van der Waals surface area contributed by atoms with Crippen molar-refractivity contribution in [1.29, 1.82) is 0 Å². The van der Waals surface area contributed by atoms with Gasteiger partial charge >= 0.3 is 13.1 Å². The standard InChI is InChI=1S/C15H18BNO5S/c17-4-7-5-21-6-12(7)23-11-2-1-8-9-3-10(9)16(20)22-14(8)13(11)15(18)19/h1-2,7,9-10,12,20H,3-6,17H2,(H,18,19). The van der Waals surface area contributed by atoms with Gasteiger partial charge in [-0.1, -0.05) is 6.07 Å². The lowest BCUT2D eigenvalue weighted by molar-refractivity contribution is 0.0690. The molecule has 1 aliphatic carbocycles. The highest BCUT2D eigenvalue weighted by atomic mass is 32.2. The molecule has 122 valence electrons. The first-order chi connectivity index (χ1) is 11.1. The predicted molar refractivity (Wildman–Crippen MR) is 86.1 cm³/mol. The molecule has 2 fully saturated rings. The van der Waals surface area contributed by atoms with Gasteiger partial charge in [0.2, 0.25) is 0 Å². The van der Waals surface area contributed by atoms with Gasteiger partial charge in [-0.2, -0.15) is 0 Å². The van der Waals surface area contributed by atoms with Crippen LogP contribution in [0.3, 0.4) is 0 Å². The Morgan fingerprint density at radius 3 is 3.00 bits per heavy atom. The van der Waals surface area contributed by atoms with Crippen molar-refractivity contribution in [2.45, 2.75) is 28.3 Å². The smallest absolute Gasteiger partial charge is 0.526 e. The molecule has 4 unspecified atom stereocenters. The Morgan fingerprint density at radius 1 is 1.43 bits per heavy atom. The largest absolute Gasteiger partial charge is 0.535 e. The zero-order valence-corrected chi connectivity index (χ0v) is 13.3. The summed E-state index contributed by atoms with van der Waals surface area (Å²) in [5.74, 6) is -0.155. The molecule has 1 saturated heterocycles. The summed E-state index contributed by atoms with van der Waals surface area (Å²) in [7, 11) is -0.905. The Kier molecular flexibility index (Phi) is 3.80. The molecule has 1 aromatic carbocycles. The van der Waals surface area contributed by atoms with Crippen LogP contribution in [0.5, 0.6) is 5.75 Å². The Hall–Kier alpha value is -1.22. The summed E-state index contributed by atoms with van der Waals surface area (Å²) < 4.78 is 11.0. The second-order valence-corrected chi connectivity index (χ2v) is 7.65. The van der Waals surface area contributed by atoms with Crippen molar-refractivity contribution in [1.82, 2.24) is 0 Å². The van der Waals surface area contributed by atoms with Crippen molar-refractivity contribution >= 4 is 24.8 Å². The number of ether oxygens (including phenoxy) is 1. The third kappa shape index (κ3) is 2.54. The Morgan fingerprint density at radius 2 is 2.26 bits per heavy atom. The van der Waals surface area contributed by atoms with E-state index in [1.54, 1.807) is 0 Å². The first-order valence-electron chi connectivity index (χ1n) is 7.79. The summed E-state index contributed by atoms with van der Waals surface area (Å²) in [6.45, 7) is 1.70. The first-order valence-corrected chi connectivity index (χ1v) is 8.67. The molecular formula is C15H18BNO5S. The number of hydrogen-bond acceptors (Lipinski definition) is 6. The minimum Gasteiger partial charge on any atom is -0.535 e. The van der Waals surface area contributed by atoms with Gasteiger partial charge in [0.25, 0.3) is 0 Å². The van der Waals surface area contributed by atoms with Gasteiger partial charge in [-0.15, -0.1) is 11.8 Å². The summed E-state index contributed by atoms with van der Waals surface area (Å²) in [6, 6.07) is 3.79. The molecule has 0 radical (unpaired) electrons. The van der Waals surface area contributed by atoms with Gasteiger partial charge < -0.3 is 25.3 Å². The molecule has 23 heavy (non-hydrogen) atoms. The average Bonchev–Trinajstić information content (AvgIpc) is 3.21. The van der Waals surface area contributed by atoms with Gasteiger partial charge in [-0.25, -0.2) is 4.79 Å². The zero-order chi connectivity index (χ0) is 16.1. The molecule has 2 aliphatic heterocycles. The normalized spacial score (nSPS) is 31.3. The number of rotatable bonds is 4. The number of hydrogen-bond donors (Lipinski definition) is 3. The summed E-state index contributed by atoms with van der Waals surface area (Å²) in [4.78, 5) is 12.5. The summed E-state index contributed by atoms with van der Waals surface area (Å²) in [5.41, 5.74) is 6.82. The van der Waals surface area contributed by atoms with Crippen LogP contribution in [-0.2, 0) is 4.74 Å². The van der Waals surface area contributed by atoms with Gasteiger partial charge in [-0.05, 0) is 30.5 Å². The van der Waals surface area contributed by atoms with Crippen LogP contribution in [0.15, 0.2) is 17.0 Å². The molecule has 3 aliphatic rings. The first kappa shape index (κ1) is 15.3. The van der Waals surface area contributed by atoms with E-state index >= 15 is 0 Å². The molecule has 2 heterocycles. The van der Waals surface area contributed by atoms with Gasteiger partial charge in [0, 0.05) is 21.9 Å². The quantitative estimate of drug-likeness (QED) is 0.710. The Labute approximate surface area is 138 Å². The molecule has 0 bridgehead atoms. The van der Waals surface area contributed by atoms with Gasteiger partial charge in [-0.3, -0.25) is 0 Å². The minimum atomic E-state index is -1.03. The van der Waals surface area contributed by atoms with E-state index in [-0.39, 0.29) is 28.5 Å². The second kappa shape index (κ2) is 5.70. The van der Waals surface area contributed by atoms with Crippen LogP contribution < -0.4 is 10.4 Å². The van der Waals surface area contributed by atoms with Crippen LogP contribution in [0.2, 0.25) is 5.82 Å². The highest BCUT2D eigenvalue weighted by Gasteiger charge is 2.54. The summed E-state index contributed by atoms with van der Waals surface area (Å²) in [5, 5.41) is 19.8. The number of carboxylic acid groups (broad SMARTS) is 1. The maximum atomic E-state index is 11.8. The zero-order valence-electron chi connectivity index (χ0n) is 12.5. The number of aromatic carboxylic acids is 1. The van der Waals surface area contributed by atoms with E-state index < -0.39 is 13.1 Å². The highest BCUT2D eigenvalue weighted by Crippen LogP contribution is 2.60. The van der Waals surface area contributed by atoms with Gasteiger partial charge in [0.05, 0.1) is 13.2 Å². The number of nitrogens with two attached hydrogens (primary N) is 1. The van der Waals surface area contributed by atoms with Crippen LogP contribution >= 0.6 is 11.8 Å². The van der Waals surface area contributed by atoms with E-state index in [9.17, 15) is 14.9 Å². The van der Waals surface area contributed by atoms with Crippen LogP contribution in [0, 0.1) is 5.92 Å². The summed E-state index contributed by atoms with van der Waals surface area (Å²) >= 11 is 1.48. The molecule has 1 saturated carbocycles. The van der Waals surface area contributed by atoms with E-state index in [1.165, 1.54) is 11.8 Å². The van der Waals surface area contributed by atoms with Crippen molar-refractivity contribution in [2.75, 3.05) is 19.8 Å². The molecule has 1 aromatic rings. The van der Waals surface area contributed by atoms with Crippen molar-refractivity contribution in [3.8, 4) is 5.75 Å². The van der Waals surface area contributed by atoms with E-state index in [0.717, 1.165) is 12.0 Å². The lowest BCUT2D eigenvalue weighted by Gasteiger charge is -2.24. The molecule has 4 N–H and O–H groups in total. The predicted octanol–water partition coefficient (Wildman–Crippen LogP) is 1.18. The van der Waals surface area contributed by atoms with Crippen molar-refractivity contribution in [2.24, 2.45) is 11.7 Å². The molecule has 4 atom stereocenters. The van der Waals surface area contributed by atoms with Crippen molar-refractivity contribution < 1.29 is 24.3 Å². The van der Waals surface area contributed by atoms with Crippen LogP contribution in [0.1, 0.15) is 28.3 Å². The van der Waals surface area contributed by atoms with Crippen molar-refractivity contribution in [3.63, 3.8) is 0 Å². The fourth-order valence-corrected chi connectivity index (χ4v) is 4.81. The topological polar surface area (TPSA) is 102 Å². The lowest BCUT2D eigenvalue weighted by Crippen LogP contribution is -2.28. The maximum Gasteiger partial charge on any atom is 0.526 e. The van der Waals surface area contributed by atoms with Crippen molar-refractivity contribution in [3.05, 3.63) is 23.3 Å². The van der Waals surface area contributed by atoms with Crippen LogP contribution in [0.25, 0.3) is 0 Å². The van der Waals surface area contributed by atoms with E-state index in [1.807, 2.05) is 12.1 Å². The maximum absolute atomic E-state index is 11.8. The number of carboxylic acids is 1. The Balaban J connectivity index is 1.70. The fraction of sp³-hybridized carbons (Fsp3) is 0.533. The van der Waals surface area contributed by atoms with Gasteiger partial charge in [0.15, 0.2) is 0 Å². The molecular weight excluding hydrogens is 317 g/mol. The van der Waals surface area contributed by atoms with E-state index in [2.05, 4.69) is 0 Å². The van der Waals surface area contributed by atoms with Gasteiger partial charge in [0.1, 0.15) is 11.3 Å². The monoisotopic (exact) mass is 335 g/mol. The average molecular weight is 335 g/mol. The minimum absolute atomic E-state index is 0.104. The summed E-state index contributed by atoms with van der Waals surface area (Å²) in [6.07, 6.45) is 0.853. The number of thioether (sulfide) groups is 1.